The maximum Gasteiger partial charge on any atom is 0.134 e. The van der Waals surface area contributed by atoms with Crippen molar-refractivity contribution in [3.63, 3.8) is 0 Å². The number of aliphatic hydroxyl groups is 1. The second kappa shape index (κ2) is 4.26. The smallest absolute Gasteiger partial charge is 0.134 e. The number of aliphatic hydroxyl groups excluding tert-OH is 1. The average molecular weight is 256 g/mol. The first-order valence-electron chi connectivity index (χ1n) is 6.38. The number of fused-ring (bicyclic) bond motifs is 2. The molecule has 3 rings (SSSR count). The minimum Gasteiger partial charge on any atom is -0.388 e. The van der Waals surface area contributed by atoms with E-state index >= 15 is 0 Å². The second-order valence-electron chi connectivity index (χ2n) is 5.57. The molecule has 2 aliphatic rings. The fourth-order valence-electron chi connectivity index (χ4n) is 3.73. The van der Waals surface area contributed by atoms with Crippen LogP contribution >= 0.6 is 0 Å². The van der Waals surface area contributed by atoms with E-state index in [1.165, 1.54) is 0 Å². The average Bonchev–Trinajstić information content (AvgIpc) is 2.88. The number of hydrogen-bond donors (Lipinski definition) is 1. The van der Waals surface area contributed by atoms with Gasteiger partial charge in [-0.25, -0.2) is 13.2 Å². The lowest BCUT2D eigenvalue weighted by Gasteiger charge is -2.27. The predicted molar refractivity (Wildman–Crippen MR) is 60.2 cm³/mol. The van der Waals surface area contributed by atoms with E-state index in [1.54, 1.807) is 0 Å². The zero-order valence-corrected chi connectivity index (χ0v) is 9.87. The Hall–Kier alpha value is -1.03. The van der Waals surface area contributed by atoms with Gasteiger partial charge in [0.25, 0.3) is 0 Å². The van der Waals surface area contributed by atoms with Crippen molar-refractivity contribution in [3.05, 3.63) is 35.1 Å². The first-order chi connectivity index (χ1) is 8.56. The van der Waals surface area contributed by atoms with Gasteiger partial charge in [-0.1, -0.05) is 6.42 Å². The van der Waals surface area contributed by atoms with Gasteiger partial charge in [0.15, 0.2) is 0 Å². The van der Waals surface area contributed by atoms with Gasteiger partial charge >= 0.3 is 0 Å². The topological polar surface area (TPSA) is 20.2 Å². The maximum atomic E-state index is 13.6. The van der Waals surface area contributed by atoms with Crippen LogP contribution in [0, 0.1) is 35.2 Å². The van der Waals surface area contributed by atoms with Crippen LogP contribution in [0.5, 0.6) is 0 Å². The summed E-state index contributed by atoms with van der Waals surface area (Å²) in [4.78, 5) is 0. The van der Waals surface area contributed by atoms with E-state index in [1.807, 2.05) is 0 Å². The Balaban J connectivity index is 1.91. The molecule has 4 heteroatoms. The first kappa shape index (κ1) is 12.0. The van der Waals surface area contributed by atoms with Crippen molar-refractivity contribution >= 4 is 0 Å². The number of benzene rings is 1. The van der Waals surface area contributed by atoms with Crippen LogP contribution in [0.1, 0.15) is 37.4 Å². The van der Waals surface area contributed by atoms with Gasteiger partial charge in [0.2, 0.25) is 0 Å². The molecule has 2 bridgehead atoms. The molecular weight excluding hydrogens is 241 g/mol. The third-order valence-corrected chi connectivity index (χ3v) is 4.54. The van der Waals surface area contributed by atoms with Gasteiger partial charge in [-0.05, 0) is 37.0 Å². The fourth-order valence-corrected chi connectivity index (χ4v) is 3.73. The van der Waals surface area contributed by atoms with Gasteiger partial charge < -0.3 is 5.11 Å². The fraction of sp³-hybridized carbons (Fsp3) is 0.571. The normalized spacial score (nSPS) is 31.9. The minimum absolute atomic E-state index is 0.0850. The maximum absolute atomic E-state index is 13.6. The molecule has 98 valence electrons. The molecule has 0 heterocycles. The highest BCUT2D eigenvalue weighted by Crippen LogP contribution is 2.52. The summed E-state index contributed by atoms with van der Waals surface area (Å²) in [6, 6.07) is 1.27. The first-order valence-corrected chi connectivity index (χ1v) is 6.38. The van der Waals surface area contributed by atoms with E-state index in [0.717, 1.165) is 25.7 Å². The molecule has 1 nitrogen and oxygen atoms in total. The molecule has 2 fully saturated rings. The molecule has 4 unspecified atom stereocenters. The number of rotatable bonds is 2. The van der Waals surface area contributed by atoms with Crippen molar-refractivity contribution in [1.29, 1.82) is 0 Å². The van der Waals surface area contributed by atoms with Crippen molar-refractivity contribution in [3.8, 4) is 0 Å². The quantitative estimate of drug-likeness (QED) is 0.857. The molecule has 2 aliphatic carbocycles. The monoisotopic (exact) mass is 256 g/mol. The molecule has 0 aliphatic heterocycles. The lowest BCUT2D eigenvalue weighted by Crippen LogP contribution is -2.21. The van der Waals surface area contributed by atoms with Gasteiger partial charge in [0, 0.05) is 12.1 Å². The molecule has 2 saturated carbocycles. The van der Waals surface area contributed by atoms with Crippen molar-refractivity contribution in [2.75, 3.05) is 0 Å². The molecule has 4 atom stereocenters. The summed E-state index contributed by atoms with van der Waals surface area (Å²) in [5.41, 5.74) is -0.367. The molecule has 0 spiro atoms. The van der Waals surface area contributed by atoms with Gasteiger partial charge in [0.1, 0.15) is 17.5 Å². The van der Waals surface area contributed by atoms with Crippen LogP contribution in [0.2, 0.25) is 0 Å². The lowest BCUT2D eigenvalue weighted by atomic mass is 9.82. The van der Waals surface area contributed by atoms with Crippen LogP contribution < -0.4 is 0 Å². The van der Waals surface area contributed by atoms with E-state index < -0.39 is 23.6 Å². The highest BCUT2D eigenvalue weighted by molar-refractivity contribution is 5.24. The minimum atomic E-state index is -1.15. The van der Waals surface area contributed by atoms with E-state index in [9.17, 15) is 18.3 Å². The van der Waals surface area contributed by atoms with E-state index in [0.29, 0.717) is 24.0 Å². The molecule has 18 heavy (non-hydrogen) atoms. The third-order valence-electron chi connectivity index (χ3n) is 4.54. The van der Waals surface area contributed by atoms with Crippen molar-refractivity contribution < 1.29 is 18.3 Å². The summed E-state index contributed by atoms with van der Waals surface area (Å²) >= 11 is 0. The Kier molecular flexibility index (Phi) is 2.85. The van der Waals surface area contributed by atoms with Gasteiger partial charge in [-0.3, -0.25) is 0 Å². The van der Waals surface area contributed by atoms with Crippen LogP contribution in [0.4, 0.5) is 13.2 Å². The Morgan fingerprint density at radius 2 is 1.72 bits per heavy atom. The van der Waals surface area contributed by atoms with Crippen molar-refractivity contribution in [2.24, 2.45) is 17.8 Å². The zero-order valence-electron chi connectivity index (χ0n) is 9.87. The Bertz CT molecular complexity index is 451. The molecule has 1 aromatic carbocycles. The Labute approximate surface area is 104 Å². The van der Waals surface area contributed by atoms with Crippen LogP contribution in [0.25, 0.3) is 0 Å². The van der Waals surface area contributed by atoms with Gasteiger partial charge in [-0.15, -0.1) is 0 Å². The SMILES string of the molecule is OC(c1c(F)cc(F)cc1F)C1CC2CCC1C2. The van der Waals surface area contributed by atoms with Crippen LogP contribution in [0.15, 0.2) is 12.1 Å². The zero-order chi connectivity index (χ0) is 12.9. The Morgan fingerprint density at radius 3 is 2.22 bits per heavy atom. The standard InChI is InChI=1S/C14H15F3O/c15-9-5-11(16)13(12(17)6-9)14(18)10-4-7-1-2-8(10)3-7/h5-8,10,14,18H,1-4H2. The predicted octanol–water partition coefficient (Wildman–Crippen LogP) is 3.57. The van der Waals surface area contributed by atoms with Crippen molar-refractivity contribution in [2.45, 2.75) is 31.8 Å². The third kappa shape index (κ3) is 1.83. The number of hydrogen-bond acceptors (Lipinski definition) is 1. The lowest BCUT2D eigenvalue weighted by molar-refractivity contribution is 0.0680. The number of halogens is 3. The van der Waals surface area contributed by atoms with Crippen molar-refractivity contribution in [1.82, 2.24) is 0 Å². The largest absolute Gasteiger partial charge is 0.388 e. The molecule has 0 amide bonds. The second-order valence-corrected chi connectivity index (χ2v) is 5.57. The van der Waals surface area contributed by atoms with Crippen LogP contribution in [0.3, 0.4) is 0 Å². The molecule has 0 saturated heterocycles. The molecule has 0 aromatic heterocycles. The van der Waals surface area contributed by atoms with Crippen LogP contribution in [-0.2, 0) is 0 Å². The van der Waals surface area contributed by atoms with E-state index in [-0.39, 0.29) is 11.5 Å². The van der Waals surface area contributed by atoms with Gasteiger partial charge in [-0.2, -0.15) is 0 Å². The highest BCUT2D eigenvalue weighted by Gasteiger charge is 2.44. The summed E-state index contributed by atoms with van der Waals surface area (Å²) in [6.45, 7) is 0. The summed E-state index contributed by atoms with van der Waals surface area (Å²) in [7, 11) is 0. The van der Waals surface area contributed by atoms with Gasteiger partial charge in [0.05, 0.1) is 11.7 Å². The summed E-state index contributed by atoms with van der Waals surface area (Å²) in [5.74, 6) is -2.06. The molecule has 0 radical (unpaired) electrons. The molecule has 1 aromatic rings. The molecule has 1 N–H and O–H groups in total. The summed E-state index contributed by atoms with van der Waals surface area (Å²) in [5, 5.41) is 10.2. The summed E-state index contributed by atoms with van der Waals surface area (Å²) in [6.07, 6.45) is 2.90. The van der Waals surface area contributed by atoms with Crippen LogP contribution in [-0.4, -0.2) is 5.11 Å². The highest BCUT2D eigenvalue weighted by atomic mass is 19.1. The Morgan fingerprint density at radius 1 is 1.06 bits per heavy atom. The molecular formula is C14H15F3O. The van der Waals surface area contributed by atoms with E-state index in [4.69, 9.17) is 0 Å². The van der Waals surface area contributed by atoms with E-state index in [2.05, 4.69) is 0 Å². The summed E-state index contributed by atoms with van der Waals surface area (Å²) < 4.78 is 40.1.